The number of alkyl halides is 3. The summed E-state index contributed by atoms with van der Waals surface area (Å²) >= 11 is 5.53. The lowest BCUT2D eigenvalue weighted by molar-refractivity contribution is -0.0500. The highest BCUT2D eigenvalue weighted by Crippen LogP contribution is 2.33. The smallest absolute Gasteiger partial charge is 0.374 e. The van der Waals surface area contributed by atoms with Crippen LogP contribution in [0.3, 0.4) is 0 Å². The van der Waals surface area contributed by atoms with Crippen molar-refractivity contribution in [3.63, 3.8) is 0 Å². The summed E-state index contributed by atoms with van der Waals surface area (Å²) in [5.74, 6) is -0.513. The van der Waals surface area contributed by atoms with Gasteiger partial charge in [0, 0.05) is 0 Å². The Labute approximate surface area is 94.9 Å². The maximum atomic E-state index is 12.0. The Hall–Kier alpha value is -0.950. The van der Waals surface area contributed by atoms with Gasteiger partial charge in [-0.15, -0.1) is 0 Å². The fraction of sp³-hybridized carbons (Fsp3) is 0.250. The molecule has 90 valence electrons. The molecule has 0 heterocycles. The summed E-state index contributed by atoms with van der Waals surface area (Å²) in [4.78, 5) is 0. The Bertz CT molecular complexity index is 475. The van der Waals surface area contributed by atoms with Crippen molar-refractivity contribution in [2.24, 2.45) is 0 Å². The van der Waals surface area contributed by atoms with Gasteiger partial charge in [0.2, 0.25) is 0 Å². The zero-order valence-electron chi connectivity index (χ0n) is 7.88. The number of aryl methyl sites for hydroxylation is 1. The van der Waals surface area contributed by atoms with Crippen molar-refractivity contribution in [1.29, 1.82) is 0 Å². The molecule has 8 heteroatoms. The van der Waals surface area contributed by atoms with E-state index in [9.17, 15) is 21.6 Å². The average molecular weight is 275 g/mol. The summed E-state index contributed by atoms with van der Waals surface area (Å²) < 4.78 is 61.5. The van der Waals surface area contributed by atoms with E-state index in [1.807, 2.05) is 0 Å². The van der Waals surface area contributed by atoms with Gasteiger partial charge in [-0.2, -0.15) is 21.6 Å². The Morgan fingerprint density at radius 3 is 2.31 bits per heavy atom. The normalized spacial score (nSPS) is 12.6. The van der Waals surface area contributed by atoms with Gasteiger partial charge in [-0.25, -0.2) is 0 Å². The molecule has 0 atom stereocenters. The lowest BCUT2D eigenvalue weighted by atomic mass is 10.2. The van der Waals surface area contributed by atoms with E-state index in [2.05, 4.69) is 4.18 Å². The SMILES string of the molecule is Cc1cccc(Cl)c1OS(=O)(=O)C(F)(F)F. The average Bonchev–Trinajstić information content (AvgIpc) is 2.10. The van der Waals surface area contributed by atoms with E-state index in [0.29, 0.717) is 0 Å². The summed E-state index contributed by atoms with van der Waals surface area (Å²) in [6.07, 6.45) is 0. The first-order chi connectivity index (χ1) is 7.15. The van der Waals surface area contributed by atoms with Crippen LogP contribution in [0, 0.1) is 6.92 Å². The highest BCUT2D eigenvalue weighted by Gasteiger charge is 2.48. The first kappa shape index (κ1) is 13.1. The predicted octanol–water partition coefficient (Wildman–Crippen LogP) is 2.88. The molecule has 0 saturated carbocycles. The lowest BCUT2D eigenvalue weighted by Gasteiger charge is -2.12. The highest BCUT2D eigenvalue weighted by molar-refractivity contribution is 7.88. The van der Waals surface area contributed by atoms with E-state index in [1.54, 1.807) is 0 Å². The van der Waals surface area contributed by atoms with Crippen LogP contribution in [0.25, 0.3) is 0 Å². The van der Waals surface area contributed by atoms with Crippen LogP contribution in [0.2, 0.25) is 5.02 Å². The van der Waals surface area contributed by atoms with Crippen molar-refractivity contribution in [2.45, 2.75) is 12.4 Å². The molecule has 1 aromatic rings. The molecule has 0 bridgehead atoms. The maximum absolute atomic E-state index is 12.0. The molecule has 0 unspecified atom stereocenters. The Kier molecular flexibility index (Phi) is 3.39. The second-order valence-corrected chi connectivity index (χ2v) is 4.81. The third-order valence-corrected chi connectivity index (χ3v) is 2.89. The number of hydrogen-bond acceptors (Lipinski definition) is 3. The van der Waals surface area contributed by atoms with Crippen molar-refractivity contribution in [2.75, 3.05) is 0 Å². The van der Waals surface area contributed by atoms with Crippen LogP contribution in [0.15, 0.2) is 18.2 Å². The largest absolute Gasteiger partial charge is 0.534 e. The van der Waals surface area contributed by atoms with Crippen LogP contribution < -0.4 is 4.18 Å². The quantitative estimate of drug-likeness (QED) is 0.615. The fourth-order valence-electron chi connectivity index (χ4n) is 0.879. The second kappa shape index (κ2) is 4.14. The van der Waals surface area contributed by atoms with E-state index >= 15 is 0 Å². The number of para-hydroxylation sites is 1. The molecule has 0 N–H and O–H groups in total. The van der Waals surface area contributed by atoms with Crippen LogP contribution in [0.1, 0.15) is 5.56 Å². The van der Waals surface area contributed by atoms with E-state index < -0.39 is 21.4 Å². The van der Waals surface area contributed by atoms with Crippen LogP contribution in [0.5, 0.6) is 5.75 Å². The number of halogens is 4. The van der Waals surface area contributed by atoms with Crippen LogP contribution in [-0.4, -0.2) is 13.9 Å². The fourth-order valence-corrected chi connectivity index (χ4v) is 1.72. The number of rotatable bonds is 2. The molecule has 0 saturated heterocycles. The molecule has 0 aliphatic carbocycles. The monoisotopic (exact) mass is 274 g/mol. The van der Waals surface area contributed by atoms with Gasteiger partial charge in [0.15, 0.2) is 5.75 Å². The first-order valence-corrected chi connectivity index (χ1v) is 5.69. The molecule has 0 spiro atoms. The zero-order chi connectivity index (χ0) is 12.6. The molecule has 16 heavy (non-hydrogen) atoms. The lowest BCUT2D eigenvalue weighted by Crippen LogP contribution is -2.28. The number of benzene rings is 1. The van der Waals surface area contributed by atoms with E-state index in [4.69, 9.17) is 11.6 Å². The third kappa shape index (κ3) is 2.59. The molecule has 1 aromatic carbocycles. The van der Waals surface area contributed by atoms with Gasteiger partial charge in [-0.1, -0.05) is 23.7 Å². The predicted molar refractivity (Wildman–Crippen MR) is 51.8 cm³/mol. The van der Waals surface area contributed by atoms with Crippen molar-refractivity contribution >= 4 is 21.7 Å². The molecule has 0 radical (unpaired) electrons. The summed E-state index contributed by atoms with van der Waals surface area (Å²) in [5.41, 5.74) is -5.28. The Morgan fingerprint density at radius 1 is 1.31 bits per heavy atom. The minimum atomic E-state index is -5.68. The third-order valence-electron chi connectivity index (χ3n) is 1.64. The van der Waals surface area contributed by atoms with E-state index in [0.717, 1.165) is 0 Å². The molecule has 0 aliphatic heterocycles. The first-order valence-electron chi connectivity index (χ1n) is 3.91. The van der Waals surface area contributed by atoms with Gasteiger partial charge >= 0.3 is 15.6 Å². The Balaban J connectivity index is 3.17. The van der Waals surface area contributed by atoms with Crippen LogP contribution in [-0.2, 0) is 10.1 Å². The highest BCUT2D eigenvalue weighted by atomic mass is 35.5. The molecule has 3 nitrogen and oxygen atoms in total. The van der Waals surface area contributed by atoms with Crippen LogP contribution >= 0.6 is 11.6 Å². The summed E-state index contributed by atoms with van der Waals surface area (Å²) in [5, 5.41) is -0.201. The van der Waals surface area contributed by atoms with E-state index in [-0.39, 0.29) is 10.6 Å². The molecule has 0 fully saturated rings. The summed E-state index contributed by atoms with van der Waals surface area (Å²) in [7, 11) is -5.68. The van der Waals surface area contributed by atoms with Gasteiger partial charge in [-0.05, 0) is 18.6 Å². The molecular formula is C8H6ClF3O3S. The van der Waals surface area contributed by atoms with Crippen molar-refractivity contribution < 1.29 is 25.8 Å². The van der Waals surface area contributed by atoms with Gasteiger partial charge in [-0.3, -0.25) is 0 Å². The summed E-state index contributed by atoms with van der Waals surface area (Å²) in [6, 6.07) is 4.08. The van der Waals surface area contributed by atoms with Gasteiger partial charge < -0.3 is 4.18 Å². The van der Waals surface area contributed by atoms with Gasteiger partial charge in [0.05, 0.1) is 5.02 Å². The molecule has 1 rings (SSSR count). The molecule has 0 amide bonds. The minimum absolute atomic E-state index is 0.195. The Morgan fingerprint density at radius 2 is 1.88 bits per heavy atom. The van der Waals surface area contributed by atoms with Crippen molar-refractivity contribution in [1.82, 2.24) is 0 Å². The number of hydrogen-bond donors (Lipinski definition) is 0. The van der Waals surface area contributed by atoms with Crippen LogP contribution in [0.4, 0.5) is 13.2 Å². The van der Waals surface area contributed by atoms with Crippen molar-refractivity contribution in [3.8, 4) is 5.75 Å². The summed E-state index contributed by atoms with van der Waals surface area (Å²) in [6.45, 7) is 1.38. The molecule has 0 aliphatic rings. The second-order valence-electron chi connectivity index (χ2n) is 2.87. The molecular weight excluding hydrogens is 269 g/mol. The van der Waals surface area contributed by atoms with E-state index in [1.165, 1.54) is 25.1 Å². The maximum Gasteiger partial charge on any atom is 0.534 e. The molecule has 0 aromatic heterocycles. The van der Waals surface area contributed by atoms with Crippen molar-refractivity contribution in [3.05, 3.63) is 28.8 Å². The zero-order valence-corrected chi connectivity index (χ0v) is 9.45. The van der Waals surface area contributed by atoms with Gasteiger partial charge in [0.25, 0.3) is 0 Å². The topological polar surface area (TPSA) is 43.4 Å². The van der Waals surface area contributed by atoms with Gasteiger partial charge in [0.1, 0.15) is 0 Å². The standard InChI is InChI=1S/C8H6ClF3O3S/c1-5-3-2-4-6(9)7(5)15-16(13,14)8(10,11)12/h2-4H,1H3. The minimum Gasteiger partial charge on any atom is -0.374 e.